The Labute approximate surface area is 113 Å². The average Bonchev–Trinajstić information content (AvgIpc) is 2.33. The highest BCUT2D eigenvalue weighted by Gasteiger charge is 2.18. The van der Waals surface area contributed by atoms with Gasteiger partial charge in [-0.1, -0.05) is 30.3 Å². The van der Waals surface area contributed by atoms with Gasteiger partial charge in [0.1, 0.15) is 5.25 Å². The SMILES string of the molecule is CC(C)OCCSC(Cc1ccccc1)C(=O)O. The summed E-state index contributed by atoms with van der Waals surface area (Å²) in [4.78, 5) is 11.2. The van der Waals surface area contributed by atoms with Crippen molar-refractivity contribution >= 4 is 17.7 Å². The van der Waals surface area contributed by atoms with Crippen LogP contribution in [0.2, 0.25) is 0 Å². The van der Waals surface area contributed by atoms with Crippen molar-refractivity contribution in [2.24, 2.45) is 0 Å². The number of carboxylic acids is 1. The largest absolute Gasteiger partial charge is 0.480 e. The van der Waals surface area contributed by atoms with Crippen LogP contribution in [0.3, 0.4) is 0 Å². The molecular weight excluding hydrogens is 248 g/mol. The number of hydrogen-bond donors (Lipinski definition) is 1. The number of carboxylic acid groups (broad SMARTS) is 1. The van der Waals surface area contributed by atoms with E-state index < -0.39 is 11.2 Å². The lowest BCUT2D eigenvalue weighted by atomic mass is 10.1. The molecule has 0 saturated carbocycles. The normalized spacial score (nSPS) is 12.6. The summed E-state index contributed by atoms with van der Waals surface area (Å²) in [6.07, 6.45) is 0.755. The topological polar surface area (TPSA) is 46.5 Å². The van der Waals surface area contributed by atoms with Crippen LogP contribution in [-0.2, 0) is 16.0 Å². The molecular formula is C14H20O3S. The molecule has 0 aliphatic carbocycles. The summed E-state index contributed by atoms with van der Waals surface area (Å²) in [5, 5.41) is 8.78. The van der Waals surface area contributed by atoms with Crippen LogP contribution < -0.4 is 0 Å². The van der Waals surface area contributed by atoms with Gasteiger partial charge in [0.25, 0.3) is 0 Å². The summed E-state index contributed by atoms with van der Waals surface area (Å²) in [5.41, 5.74) is 1.06. The Hall–Kier alpha value is -1.00. The molecule has 18 heavy (non-hydrogen) atoms. The van der Waals surface area contributed by atoms with Crippen LogP contribution >= 0.6 is 11.8 Å². The third kappa shape index (κ3) is 6.07. The maximum Gasteiger partial charge on any atom is 0.316 e. The first-order valence-corrected chi connectivity index (χ1v) is 7.14. The highest BCUT2D eigenvalue weighted by molar-refractivity contribution is 8.00. The van der Waals surface area contributed by atoms with Gasteiger partial charge in [-0.2, -0.15) is 0 Å². The highest BCUT2D eigenvalue weighted by atomic mass is 32.2. The Bertz CT molecular complexity index is 351. The third-order valence-corrected chi connectivity index (χ3v) is 3.57. The second kappa shape index (κ2) is 8.16. The van der Waals surface area contributed by atoms with E-state index in [2.05, 4.69) is 0 Å². The monoisotopic (exact) mass is 268 g/mol. The molecule has 1 atom stereocenters. The van der Waals surface area contributed by atoms with Crippen LogP contribution in [0.5, 0.6) is 0 Å². The van der Waals surface area contributed by atoms with E-state index in [1.807, 2.05) is 44.2 Å². The van der Waals surface area contributed by atoms with Gasteiger partial charge in [0.2, 0.25) is 0 Å². The van der Waals surface area contributed by atoms with Crippen LogP contribution in [0.25, 0.3) is 0 Å². The van der Waals surface area contributed by atoms with Crippen LogP contribution in [-0.4, -0.2) is 34.8 Å². The second-order valence-corrected chi connectivity index (χ2v) is 5.62. The molecule has 0 bridgehead atoms. The molecule has 0 aliphatic rings. The van der Waals surface area contributed by atoms with Crippen molar-refractivity contribution in [2.45, 2.75) is 31.6 Å². The highest BCUT2D eigenvalue weighted by Crippen LogP contribution is 2.17. The zero-order chi connectivity index (χ0) is 13.4. The first-order valence-electron chi connectivity index (χ1n) is 6.09. The molecule has 4 heteroatoms. The van der Waals surface area contributed by atoms with Gasteiger partial charge in [-0.05, 0) is 25.8 Å². The summed E-state index contributed by atoms with van der Waals surface area (Å²) in [6.45, 7) is 4.55. The Balaban J connectivity index is 2.39. The number of ether oxygens (including phenoxy) is 1. The number of thioether (sulfide) groups is 1. The van der Waals surface area contributed by atoms with Gasteiger partial charge in [0, 0.05) is 5.75 Å². The second-order valence-electron chi connectivity index (χ2n) is 4.31. The number of benzene rings is 1. The minimum atomic E-state index is -0.756. The predicted molar refractivity (Wildman–Crippen MR) is 75.1 cm³/mol. The lowest BCUT2D eigenvalue weighted by Crippen LogP contribution is -2.20. The van der Waals surface area contributed by atoms with E-state index in [0.29, 0.717) is 18.8 Å². The summed E-state index contributed by atoms with van der Waals surface area (Å²) >= 11 is 1.44. The first kappa shape index (κ1) is 15.1. The molecule has 100 valence electrons. The van der Waals surface area contributed by atoms with Gasteiger partial charge in [0.05, 0.1) is 12.7 Å². The van der Waals surface area contributed by atoms with Crippen molar-refractivity contribution in [1.29, 1.82) is 0 Å². The predicted octanol–water partition coefficient (Wildman–Crippen LogP) is 2.84. The first-order chi connectivity index (χ1) is 8.59. The minimum Gasteiger partial charge on any atom is -0.480 e. The van der Waals surface area contributed by atoms with Crippen molar-refractivity contribution in [3.63, 3.8) is 0 Å². The van der Waals surface area contributed by atoms with E-state index in [4.69, 9.17) is 4.74 Å². The van der Waals surface area contributed by atoms with Crippen molar-refractivity contribution in [3.05, 3.63) is 35.9 Å². The zero-order valence-electron chi connectivity index (χ0n) is 10.8. The van der Waals surface area contributed by atoms with Crippen LogP contribution in [0.15, 0.2) is 30.3 Å². The fourth-order valence-corrected chi connectivity index (χ4v) is 2.45. The molecule has 3 nitrogen and oxygen atoms in total. The van der Waals surface area contributed by atoms with Gasteiger partial charge < -0.3 is 9.84 Å². The van der Waals surface area contributed by atoms with Crippen molar-refractivity contribution < 1.29 is 14.6 Å². The molecule has 1 aromatic rings. The van der Waals surface area contributed by atoms with Gasteiger partial charge >= 0.3 is 5.97 Å². The van der Waals surface area contributed by atoms with Crippen LogP contribution in [0, 0.1) is 0 Å². The molecule has 0 saturated heterocycles. The number of rotatable bonds is 8. The van der Waals surface area contributed by atoms with E-state index in [-0.39, 0.29) is 6.10 Å². The molecule has 0 amide bonds. The van der Waals surface area contributed by atoms with Crippen molar-refractivity contribution in [1.82, 2.24) is 0 Å². The average molecular weight is 268 g/mol. The summed E-state index contributed by atoms with van der Waals surface area (Å²) in [6, 6.07) is 9.71. The maximum atomic E-state index is 11.2. The Morgan fingerprint density at radius 1 is 1.33 bits per heavy atom. The Morgan fingerprint density at radius 3 is 2.56 bits per heavy atom. The molecule has 0 aromatic heterocycles. The molecule has 1 rings (SSSR count). The molecule has 1 unspecified atom stereocenters. The van der Waals surface area contributed by atoms with Crippen molar-refractivity contribution in [3.8, 4) is 0 Å². The van der Waals surface area contributed by atoms with E-state index >= 15 is 0 Å². The molecule has 0 aliphatic heterocycles. The number of aliphatic carboxylic acids is 1. The number of carbonyl (C=O) groups is 1. The smallest absolute Gasteiger partial charge is 0.316 e. The standard InChI is InChI=1S/C14H20O3S/c1-11(2)17-8-9-18-13(14(15)16)10-12-6-4-3-5-7-12/h3-7,11,13H,8-10H2,1-2H3,(H,15,16). The number of hydrogen-bond acceptors (Lipinski definition) is 3. The summed E-state index contributed by atoms with van der Waals surface area (Å²) in [5.74, 6) is -0.0458. The van der Waals surface area contributed by atoms with Gasteiger partial charge in [-0.3, -0.25) is 4.79 Å². The minimum absolute atomic E-state index is 0.197. The quantitative estimate of drug-likeness (QED) is 0.736. The van der Waals surface area contributed by atoms with Crippen LogP contribution in [0.4, 0.5) is 0 Å². The zero-order valence-corrected chi connectivity index (χ0v) is 11.7. The van der Waals surface area contributed by atoms with Crippen LogP contribution in [0.1, 0.15) is 19.4 Å². The molecule has 1 aromatic carbocycles. The van der Waals surface area contributed by atoms with Gasteiger partial charge in [-0.15, -0.1) is 11.8 Å². The van der Waals surface area contributed by atoms with E-state index in [1.54, 1.807) is 0 Å². The molecule has 0 fully saturated rings. The third-order valence-electron chi connectivity index (χ3n) is 2.39. The molecule has 0 spiro atoms. The van der Waals surface area contributed by atoms with E-state index in [1.165, 1.54) is 11.8 Å². The Kier molecular flexibility index (Phi) is 6.83. The van der Waals surface area contributed by atoms with E-state index in [9.17, 15) is 9.90 Å². The fourth-order valence-electron chi connectivity index (χ4n) is 1.52. The maximum absolute atomic E-state index is 11.2. The lowest BCUT2D eigenvalue weighted by molar-refractivity contribution is -0.136. The molecule has 0 radical (unpaired) electrons. The lowest BCUT2D eigenvalue weighted by Gasteiger charge is -2.13. The van der Waals surface area contributed by atoms with Gasteiger partial charge in [-0.25, -0.2) is 0 Å². The Morgan fingerprint density at radius 2 is 2.00 bits per heavy atom. The fraction of sp³-hybridized carbons (Fsp3) is 0.500. The molecule has 0 heterocycles. The van der Waals surface area contributed by atoms with E-state index in [0.717, 1.165) is 5.56 Å². The van der Waals surface area contributed by atoms with Gasteiger partial charge in [0.15, 0.2) is 0 Å². The summed E-state index contributed by atoms with van der Waals surface area (Å²) in [7, 11) is 0. The summed E-state index contributed by atoms with van der Waals surface area (Å²) < 4.78 is 5.41. The van der Waals surface area contributed by atoms with Crippen molar-refractivity contribution in [2.75, 3.05) is 12.4 Å². The molecule has 1 N–H and O–H groups in total.